The van der Waals surface area contributed by atoms with Gasteiger partial charge < -0.3 is 15.1 Å². The van der Waals surface area contributed by atoms with Gasteiger partial charge in [-0.2, -0.15) is 0 Å². The number of hydrogen-bond donors (Lipinski definition) is 1. The zero-order chi connectivity index (χ0) is 14.8. The number of carbonyl (C=O) groups excluding carboxylic acids is 1. The van der Waals surface area contributed by atoms with Crippen LogP contribution in [0.5, 0.6) is 0 Å². The number of benzene rings is 1. The van der Waals surface area contributed by atoms with Crippen molar-refractivity contribution in [3.63, 3.8) is 0 Å². The van der Waals surface area contributed by atoms with Crippen molar-refractivity contribution in [1.82, 2.24) is 10.2 Å². The highest BCUT2D eigenvalue weighted by atomic mass is 19.1. The van der Waals surface area contributed by atoms with E-state index in [9.17, 15) is 9.18 Å². The van der Waals surface area contributed by atoms with Gasteiger partial charge in [-0.3, -0.25) is 4.79 Å². The van der Waals surface area contributed by atoms with Crippen LogP contribution in [-0.4, -0.2) is 49.6 Å². The average Bonchev–Trinajstić information content (AvgIpc) is 2.47. The van der Waals surface area contributed by atoms with E-state index < -0.39 is 5.54 Å². The zero-order valence-electron chi connectivity index (χ0n) is 12.3. The Kier molecular flexibility index (Phi) is 4.28. The Morgan fingerprint density at radius 1 is 1.20 bits per heavy atom. The van der Waals surface area contributed by atoms with Crippen LogP contribution in [0.15, 0.2) is 24.3 Å². The number of amides is 1. The highest BCUT2D eigenvalue weighted by Gasteiger charge is 2.32. The van der Waals surface area contributed by atoms with Crippen LogP contribution in [0.1, 0.15) is 13.8 Å². The average molecular weight is 279 g/mol. The first-order chi connectivity index (χ1) is 9.45. The molecule has 1 fully saturated rings. The fourth-order valence-electron chi connectivity index (χ4n) is 2.36. The first-order valence-electron chi connectivity index (χ1n) is 6.93. The van der Waals surface area contributed by atoms with Gasteiger partial charge in [0.2, 0.25) is 5.91 Å². The number of carbonyl (C=O) groups is 1. The van der Waals surface area contributed by atoms with Gasteiger partial charge in [0, 0.05) is 26.2 Å². The Hall–Kier alpha value is -1.62. The van der Waals surface area contributed by atoms with E-state index in [0.29, 0.717) is 31.9 Å². The van der Waals surface area contributed by atoms with Crippen molar-refractivity contribution in [2.24, 2.45) is 0 Å². The summed E-state index contributed by atoms with van der Waals surface area (Å²) in [7, 11) is 1.79. The van der Waals surface area contributed by atoms with E-state index in [-0.39, 0.29) is 11.7 Å². The minimum atomic E-state index is -0.555. The molecular weight excluding hydrogens is 257 g/mol. The maximum Gasteiger partial charge on any atom is 0.242 e. The Labute approximate surface area is 119 Å². The first kappa shape index (κ1) is 14.8. The van der Waals surface area contributed by atoms with Crippen molar-refractivity contribution >= 4 is 11.6 Å². The molecule has 0 saturated carbocycles. The second-order valence-corrected chi connectivity index (χ2v) is 5.61. The molecule has 0 radical (unpaired) electrons. The quantitative estimate of drug-likeness (QED) is 0.910. The van der Waals surface area contributed by atoms with Crippen LogP contribution in [-0.2, 0) is 4.79 Å². The van der Waals surface area contributed by atoms with E-state index in [2.05, 4.69) is 5.32 Å². The molecule has 1 N–H and O–H groups in total. The molecule has 2 rings (SSSR count). The third-order valence-corrected chi connectivity index (χ3v) is 3.92. The SMILES string of the molecule is CNC(C)(C)C(=O)N1CCN(c2ccccc2F)CC1. The van der Waals surface area contributed by atoms with Crippen LogP contribution in [0.4, 0.5) is 10.1 Å². The topological polar surface area (TPSA) is 35.6 Å². The molecule has 0 aliphatic carbocycles. The predicted molar refractivity (Wildman–Crippen MR) is 78.3 cm³/mol. The highest BCUT2D eigenvalue weighted by molar-refractivity contribution is 5.85. The first-order valence-corrected chi connectivity index (χ1v) is 6.93. The van der Waals surface area contributed by atoms with E-state index in [1.807, 2.05) is 29.7 Å². The van der Waals surface area contributed by atoms with E-state index in [4.69, 9.17) is 0 Å². The summed E-state index contributed by atoms with van der Waals surface area (Å²) in [6, 6.07) is 6.77. The van der Waals surface area contributed by atoms with Crippen LogP contribution >= 0.6 is 0 Å². The third kappa shape index (κ3) is 2.93. The summed E-state index contributed by atoms with van der Waals surface area (Å²) in [6.07, 6.45) is 0. The summed E-state index contributed by atoms with van der Waals surface area (Å²) in [6.45, 7) is 6.31. The molecule has 1 aliphatic heterocycles. The molecule has 0 bridgehead atoms. The molecule has 1 aromatic carbocycles. The van der Waals surface area contributed by atoms with E-state index in [1.165, 1.54) is 6.07 Å². The lowest BCUT2D eigenvalue weighted by Gasteiger charge is -2.39. The summed E-state index contributed by atoms with van der Waals surface area (Å²) in [5.74, 6) is -0.115. The van der Waals surface area contributed by atoms with Crippen LogP contribution in [0.3, 0.4) is 0 Å². The number of likely N-dealkylation sites (N-methyl/N-ethyl adjacent to an activating group) is 1. The maximum atomic E-state index is 13.7. The lowest BCUT2D eigenvalue weighted by atomic mass is 10.0. The smallest absolute Gasteiger partial charge is 0.242 e. The molecule has 5 heteroatoms. The Bertz CT molecular complexity index is 482. The van der Waals surface area contributed by atoms with Gasteiger partial charge in [0.05, 0.1) is 11.2 Å². The summed E-state index contributed by atoms with van der Waals surface area (Å²) >= 11 is 0. The van der Waals surface area contributed by atoms with Gasteiger partial charge in [0.25, 0.3) is 0 Å². The standard InChI is InChI=1S/C15H22FN3O/c1-15(2,17-3)14(20)19-10-8-18(9-11-19)13-7-5-4-6-12(13)16/h4-7,17H,8-11H2,1-3H3. The van der Waals surface area contributed by atoms with Gasteiger partial charge in [-0.25, -0.2) is 4.39 Å². The molecule has 1 saturated heterocycles. The number of nitrogens with zero attached hydrogens (tertiary/aromatic N) is 2. The zero-order valence-corrected chi connectivity index (χ0v) is 12.3. The number of para-hydroxylation sites is 1. The molecule has 1 aliphatic rings. The third-order valence-electron chi connectivity index (χ3n) is 3.92. The predicted octanol–water partition coefficient (Wildman–Crippen LogP) is 1.47. The van der Waals surface area contributed by atoms with Crippen LogP contribution < -0.4 is 10.2 Å². The number of piperazine rings is 1. The number of anilines is 1. The van der Waals surface area contributed by atoms with Crippen molar-refractivity contribution in [2.45, 2.75) is 19.4 Å². The van der Waals surface area contributed by atoms with Crippen molar-refractivity contribution in [3.8, 4) is 0 Å². The van der Waals surface area contributed by atoms with Gasteiger partial charge in [0.1, 0.15) is 5.82 Å². The molecule has 0 unspecified atom stereocenters. The summed E-state index contributed by atoms with van der Waals surface area (Å²) < 4.78 is 13.7. The molecule has 0 spiro atoms. The molecule has 4 nitrogen and oxygen atoms in total. The lowest BCUT2D eigenvalue weighted by molar-refractivity contribution is -0.137. The molecule has 1 heterocycles. The van der Waals surface area contributed by atoms with Crippen LogP contribution in [0, 0.1) is 5.82 Å². The summed E-state index contributed by atoms with van der Waals surface area (Å²) in [4.78, 5) is 16.2. The van der Waals surface area contributed by atoms with Gasteiger partial charge in [-0.15, -0.1) is 0 Å². The van der Waals surface area contributed by atoms with Gasteiger partial charge in [-0.05, 0) is 33.0 Å². The fourth-order valence-corrected chi connectivity index (χ4v) is 2.36. The van der Waals surface area contributed by atoms with Gasteiger partial charge in [0.15, 0.2) is 0 Å². The Morgan fingerprint density at radius 2 is 1.80 bits per heavy atom. The van der Waals surface area contributed by atoms with Crippen molar-refractivity contribution in [1.29, 1.82) is 0 Å². The summed E-state index contributed by atoms with van der Waals surface area (Å²) in [5, 5.41) is 3.03. The lowest BCUT2D eigenvalue weighted by Crippen LogP contribution is -2.58. The Morgan fingerprint density at radius 3 is 2.35 bits per heavy atom. The second kappa shape index (κ2) is 5.79. The normalized spacial score (nSPS) is 16.4. The summed E-state index contributed by atoms with van der Waals surface area (Å²) in [5.41, 5.74) is 0.0626. The van der Waals surface area contributed by atoms with E-state index in [0.717, 1.165) is 0 Å². The van der Waals surface area contributed by atoms with E-state index >= 15 is 0 Å². The minimum Gasteiger partial charge on any atom is -0.366 e. The molecule has 1 aromatic rings. The van der Waals surface area contributed by atoms with Crippen molar-refractivity contribution < 1.29 is 9.18 Å². The fraction of sp³-hybridized carbons (Fsp3) is 0.533. The number of rotatable bonds is 3. The maximum absolute atomic E-state index is 13.7. The second-order valence-electron chi connectivity index (χ2n) is 5.61. The van der Waals surface area contributed by atoms with Crippen molar-refractivity contribution in [2.75, 3.05) is 38.1 Å². The highest BCUT2D eigenvalue weighted by Crippen LogP contribution is 2.21. The molecule has 20 heavy (non-hydrogen) atoms. The van der Waals surface area contributed by atoms with Gasteiger partial charge in [-0.1, -0.05) is 12.1 Å². The minimum absolute atomic E-state index is 0.0909. The van der Waals surface area contributed by atoms with Gasteiger partial charge >= 0.3 is 0 Å². The van der Waals surface area contributed by atoms with Crippen LogP contribution in [0.2, 0.25) is 0 Å². The largest absolute Gasteiger partial charge is 0.366 e. The number of halogens is 1. The molecule has 0 aromatic heterocycles. The monoisotopic (exact) mass is 279 g/mol. The molecule has 1 amide bonds. The van der Waals surface area contributed by atoms with E-state index in [1.54, 1.807) is 19.2 Å². The van der Waals surface area contributed by atoms with Crippen LogP contribution in [0.25, 0.3) is 0 Å². The van der Waals surface area contributed by atoms with Crippen molar-refractivity contribution in [3.05, 3.63) is 30.1 Å². The molecule has 110 valence electrons. The number of nitrogens with one attached hydrogen (secondary N) is 1. The molecular formula is C15H22FN3O. The Balaban J connectivity index is 2.00. The molecule has 0 atom stereocenters. The number of hydrogen-bond acceptors (Lipinski definition) is 3.